The number of aromatic nitrogens is 3. The zero-order valence-electron chi connectivity index (χ0n) is 10.4. The molecule has 0 aliphatic carbocycles. The maximum absolute atomic E-state index is 11.6. The van der Waals surface area contributed by atoms with Crippen LogP contribution in [0.1, 0.15) is 18.3 Å². The van der Waals surface area contributed by atoms with Crippen LogP contribution in [-0.2, 0) is 6.42 Å². The highest BCUT2D eigenvalue weighted by atomic mass is 32.1. The number of H-pyrrole nitrogens is 1. The predicted molar refractivity (Wildman–Crippen MR) is 72.3 cm³/mol. The highest BCUT2D eigenvalue weighted by molar-refractivity contribution is 7.71. The summed E-state index contributed by atoms with van der Waals surface area (Å²) in [6, 6.07) is 3.46. The molecule has 0 fully saturated rings. The van der Waals surface area contributed by atoms with Crippen molar-refractivity contribution in [3.05, 3.63) is 44.5 Å². The fourth-order valence-electron chi connectivity index (χ4n) is 1.54. The smallest absolute Gasteiger partial charge is 0.270 e. The SMILES string of the molecule is CCc1n[nH]c(=S)n1/N=C\c1cc([N+](=O)[O-])ccc1[O-]. The second kappa shape index (κ2) is 5.61. The summed E-state index contributed by atoms with van der Waals surface area (Å²) >= 11 is 5.00. The number of aromatic amines is 1. The lowest BCUT2D eigenvalue weighted by Gasteiger charge is -2.08. The van der Waals surface area contributed by atoms with Crippen molar-refractivity contribution in [1.29, 1.82) is 0 Å². The molecule has 0 unspecified atom stereocenters. The zero-order valence-corrected chi connectivity index (χ0v) is 11.3. The molecule has 0 aliphatic rings. The van der Waals surface area contributed by atoms with Gasteiger partial charge in [0.1, 0.15) is 0 Å². The Bertz CT molecular complexity index is 734. The first-order valence-corrected chi connectivity index (χ1v) is 6.10. The van der Waals surface area contributed by atoms with E-state index in [1.807, 2.05) is 6.92 Å². The molecule has 8 nitrogen and oxygen atoms in total. The number of rotatable bonds is 4. The van der Waals surface area contributed by atoms with E-state index in [-0.39, 0.29) is 21.8 Å². The summed E-state index contributed by atoms with van der Waals surface area (Å²) in [7, 11) is 0. The fraction of sp³-hybridized carbons (Fsp3) is 0.182. The number of nitro benzene ring substituents is 1. The minimum Gasteiger partial charge on any atom is -0.872 e. The van der Waals surface area contributed by atoms with E-state index in [0.29, 0.717) is 12.2 Å². The number of non-ortho nitro benzene ring substituents is 1. The van der Waals surface area contributed by atoms with Crippen LogP contribution in [0.3, 0.4) is 0 Å². The molecule has 0 amide bonds. The van der Waals surface area contributed by atoms with Gasteiger partial charge in [-0.05, 0) is 17.8 Å². The first kappa shape index (κ1) is 13.9. The van der Waals surface area contributed by atoms with Gasteiger partial charge in [0.2, 0.25) is 4.77 Å². The zero-order chi connectivity index (χ0) is 14.7. The van der Waals surface area contributed by atoms with Gasteiger partial charge in [-0.25, -0.2) is 0 Å². The van der Waals surface area contributed by atoms with Gasteiger partial charge in [0.25, 0.3) is 5.69 Å². The van der Waals surface area contributed by atoms with E-state index in [1.165, 1.54) is 17.0 Å². The number of hydrogen-bond acceptors (Lipinski definition) is 6. The maximum atomic E-state index is 11.6. The Kier molecular flexibility index (Phi) is 3.89. The molecule has 1 N–H and O–H groups in total. The predicted octanol–water partition coefficient (Wildman–Crippen LogP) is 1.37. The number of nitro groups is 1. The molecule has 1 aromatic heterocycles. The standard InChI is InChI=1S/C11H11N5O3S/c1-2-10-13-14-11(20)15(10)12-6-7-5-8(16(18)19)3-4-9(7)17/h3-6,17H,2H2,1H3,(H,14,20)/p-1/b12-6-. The molecule has 0 spiro atoms. The van der Waals surface area contributed by atoms with Crippen molar-refractivity contribution in [2.75, 3.05) is 0 Å². The molecule has 0 aliphatic heterocycles. The van der Waals surface area contributed by atoms with Gasteiger partial charge in [0.15, 0.2) is 5.82 Å². The van der Waals surface area contributed by atoms with Gasteiger partial charge in [0.05, 0.1) is 11.1 Å². The summed E-state index contributed by atoms with van der Waals surface area (Å²) in [6.45, 7) is 1.88. The monoisotopic (exact) mass is 292 g/mol. The summed E-state index contributed by atoms with van der Waals surface area (Å²) in [5, 5.41) is 32.9. The molecule has 104 valence electrons. The van der Waals surface area contributed by atoms with Crippen molar-refractivity contribution in [2.24, 2.45) is 5.10 Å². The van der Waals surface area contributed by atoms with Crippen molar-refractivity contribution >= 4 is 24.1 Å². The van der Waals surface area contributed by atoms with E-state index in [1.54, 1.807) is 0 Å². The van der Waals surface area contributed by atoms with Crippen LogP contribution in [-0.4, -0.2) is 26.0 Å². The Hall–Kier alpha value is -2.55. The number of aryl methyl sites for hydroxylation is 1. The van der Waals surface area contributed by atoms with Crippen LogP contribution in [0.4, 0.5) is 5.69 Å². The van der Waals surface area contributed by atoms with Crippen LogP contribution in [0.5, 0.6) is 5.75 Å². The third-order valence-electron chi connectivity index (χ3n) is 2.55. The van der Waals surface area contributed by atoms with Gasteiger partial charge >= 0.3 is 0 Å². The lowest BCUT2D eigenvalue weighted by atomic mass is 10.2. The minimum absolute atomic E-state index is 0.115. The van der Waals surface area contributed by atoms with Gasteiger partial charge < -0.3 is 5.11 Å². The molecule has 1 heterocycles. The largest absolute Gasteiger partial charge is 0.872 e. The Morgan fingerprint density at radius 1 is 1.60 bits per heavy atom. The van der Waals surface area contributed by atoms with E-state index >= 15 is 0 Å². The Morgan fingerprint density at radius 3 is 3.00 bits per heavy atom. The van der Waals surface area contributed by atoms with Gasteiger partial charge in [0, 0.05) is 18.6 Å². The molecule has 2 aromatic rings. The number of nitrogens with one attached hydrogen (secondary N) is 1. The summed E-state index contributed by atoms with van der Waals surface area (Å²) in [5.74, 6) is 0.247. The van der Waals surface area contributed by atoms with Crippen molar-refractivity contribution in [3.63, 3.8) is 0 Å². The van der Waals surface area contributed by atoms with Crippen LogP contribution in [0.15, 0.2) is 23.3 Å². The molecule has 2 rings (SSSR count). The fourth-order valence-corrected chi connectivity index (χ4v) is 1.74. The normalized spacial score (nSPS) is 11.1. The van der Waals surface area contributed by atoms with Crippen LogP contribution in [0.2, 0.25) is 0 Å². The topological polar surface area (TPSA) is 112 Å². The van der Waals surface area contributed by atoms with Gasteiger partial charge in [-0.2, -0.15) is 14.9 Å². The summed E-state index contributed by atoms with van der Waals surface area (Å²) in [5.41, 5.74) is -0.0538. The molecular weight excluding hydrogens is 282 g/mol. The second-order valence-electron chi connectivity index (χ2n) is 3.83. The van der Waals surface area contributed by atoms with Gasteiger partial charge in [-0.15, -0.1) is 0 Å². The molecular formula is C11H10N5O3S-. The summed E-state index contributed by atoms with van der Waals surface area (Å²) < 4.78 is 1.66. The average molecular weight is 292 g/mol. The minimum atomic E-state index is -0.572. The van der Waals surface area contributed by atoms with E-state index in [2.05, 4.69) is 15.3 Å². The van der Waals surface area contributed by atoms with Crippen molar-refractivity contribution < 1.29 is 10.0 Å². The van der Waals surface area contributed by atoms with Crippen molar-refractivity contribution in [3.8, 4) is 5.75 Å². The highest BCUT2D eigenvalue weighted by Gasteiger charge is 2.06. The maximum Gasteiger partial charge on any atom is 0.270 e. The summed E-state index contributed by atoms with van der Waals surface area (Å²) in [4.78, 5) is 10.1. The van der Waals surface area contributed by atoms with Gasteiger partial charge in [-0.1, -0.05) is 18.7 Å². The first-order chi connectivity index (χ1) is 9.52. The third-order valence-corrected chi connectivity index (χ3v) is 2.81. The highest BCUT2D eigenvalue weighted by Crippen LogP contribution is 2.19. The molecule has 0 radical (unpaired) electrons. The van der Waals surface area contributed by atoms with E-state index in [4.69, 9.17) is 12.2 Å². The lowest BCUT2D eigenvalue weighted by Crippen LogP contribution is -2.01. The van der Waals surface area contributed by atoms with Crippen molar-refractivity contribution in [2.45, 2.75) is 13.3 Å². The molecule has 0 bridgehead atoms. The second-order valence-corrected chi connectivity index (χ2v) is 4.22. The van der Waals surface area contributed by atoms with Crippen LogP contribution in [0.25, 0.3) is 0 Å². The van der Waals surface area contributed by atoms with Crippen LogP contribution < -0.4 is 5.11 Å². The number of benzene rings is 1. The number of hydrogen-bond donors (Lipinski definition) is 1. The first-order valence-electron chi connectivity index (χ1n) is 5.69. The van der Waals surface area contributed by atoms with Crippen LogP contribution in [0, 0.1) is 14.9 Å². The quantitative estimate of drug-likeness (QED) is 0.396. The Labute approximate surface area is 118 Å². The average Bonchev–Trinajstić information content (AvgIpc) is 2.78. The van der Waals surface area contributed by atoms with E-state index in [9.17, 15) is 15.2 Å². The molecule has 0 saturated carbocycles. The van der Waals surface area contributed by atoms with Crippen molar-refractivity contribution in [1.82, 2.24) is 14.9 Å². The molecule has 20 heavy (non-hydrogen) atoms. The lowest BCUT2D eigenvalue weighted by molar-refractivity contribution is -0.385. The third kappa shape index (κ3) is 2.72. The van der Waals surface area contributed by atoms with Gasteiger partial charge in [-0.3, -0.25) is 15.2 Å². The van der Waals surface area contributed by atoms with Crippen LogP contribution >= 0.6 is 12.2 Å². The Morgan fingerprint density at radius 2 is 2.35 bits per heavy atom. The molecule has 1 aromatic carbocycles. The number of nitrogens with zero attached hydrogens (tertiary/aromatic N) is 4. The Balaban J connectivity index is 2.41. The molecule has 0 saturated heterocycles. The molecule has 0 atom stereocenters. The molecule has 9 heteroatoms. The van der Waals surface area contributed by atoms with E-state index < -0.39 is 4.92 Å². The summed E-state index contributed by atoms with van der Waals surface area (Å²) in [6.07, 6.45) is 1.84. The van der Waals surface area contributed by atoms with E-state index in [0.717, 1.165) is 12.1 Å².